The number of hydrogen-bond acceptors (Lipinski definition) is 2. The molecule has 32 heavy (non-hydrogen) atoms. The fourth-order valence-corrected chi connectivity index (χ4v) is 6.22. The molecule has 1 saturated heterocycles. The van der Waals surface area contributed by atoms with Crippen molar-refractivity contribution in [1.82, 2.24) is 0 Å². The van der Waals surface area contributed by atoms with Crippen LogP contribution in [0.25, 0.3) is 0 Å². The van der Waals surface area contributed by atoms with Gasteiger partial charge < -0.3 is 0 Å². The highest BCUT2D eigenvalue weighted by Crippen LogP contribution is 2.61. The van der Waals surface area contributed by atoms with Gasteiger partial charge in [-0.05, 0) is 57.9 Å². The second kappa shape index (κ2) is 6.41. The Morgan fingerprint density at radius 3 is 1.88 bits per heavy atom. The summed E-state index contributed by atoms with van der Waals surface area (Å²) in [6.45, 7) is 8.65. The number of amides is 2. The maximum Gasteiger partial charge on any atom is 0.238 e. The van der Waals surface area contributed by atoms with Crippen LogP contribution in [0, 0.1) is 18.8 Å². The lowest BCUT2D eigenvalue weighted by atomic mass is 9.54. The van der Waals surface area contributed by atoms with E-state index in [4.69, 9.17) is 0 Å². The van der Waals surface area contributed by atoms with Crippen molar-refractivity contribution in [2.75, 3.05) is 4.90 Å². The third-order valence-electron chi connectivity index (χ3n) is 7.67. The maximum absolute atomic E-state index is 13.9. The molecule has 7 rings (SSSR count). The fourth-order valence-electron chi connectivity index (χ4n) is 6.22. The van der Waals surface area contributed by atoms with Crippen LogP contribution >= 0.6 is 0 Å². The molecule has 3 heteroatoms. The van der Waals surface area contributed by atoms with Crippen molar-refractivity contribution in [3.63, 3.8) is 0 Å². The van der Waals surface area contributed by atoms with Crippen LogP contribution in [-0.4, -0.2) is 11.8 Å². The van der Waals surface area contributed by atoms with Gasteiger partial charge in [0.2, 0.25) is 11.8 Å². The van der Waals surface area contributed by atoms with Gasteiger partial charge in [0, 0.05) is 11.8 Å². The number of rotatable bonds is 1. The summed E-state index contributed by atoms with van der Waals surface area (Å²) in [5.41, 5.74) is 7.90. The van der Waals surface area contributed by atoms with Crippen LogP contribution in [-0.2, 0) is 15.0 Å². The lowest BCUT2D eigenvalue weighted by molar-refractivity contribution is -0.122. The Morgan fingerprint density at radius 2 is 1.28 bits per heavy atom. The number of carbonyl (C=O) groups excluding carboxylic acids is 2. The molecule has 4 aliphatic rings. The Labute approximate surface area is 189 Å². The molecule has 4 unspecified atom stereocenters. The van der Waals surface area contributed by atoms with E-state index in [1.807, 2.05) is 31.2 Å². The van der Waals surface area contributed by atoms with Crippen LogP contribution < -0.4 is 4.90 Å². The molecule has 0 saturated carbocycles. The first kappa shape index (κ1) is 19.5. The van der Waals surface area contributed by atoms with E-state index in [0.717, 1.165) is 5.56 Å². The first-order chi connectivity index (χ1) is 15.3. The number of carbonyl (C=O) groups is 2. The van der Waals surface area contributed by atoms with Gasteiger partial charge in [0.15, 0.2) is 0 Å². The second-order valence-corrected chi connectivity index (χ2v) is 10.6. The third-order valence-corrected chi connectivity index (χ3v) is 7.67. The molecule has 1 aliphatic heterocycles. The summed E-state index contributed by atoms with van der Waals surface area (Å²) in [7, 11) is 0. The van der Waals surface area contributed by atoms with Crippen molar-refractivity contribution >= 4 is 17.5 Å². The lowest BCUT2D eigenvalue weighted by Gasteiger charge is -2.46. The molecule has 160 valence electrons. The van der Waals surface area contributed by atoms with Crippen LogP contribution in [0.3, 0.4) is 0 Å². The van der Waals surface area contributed by atoms with E-state index in [1.165, 1.54) is 32.7 Å². The SMILES string of the molecule is Cc1cccc(N2C(=O)C3C4c5ccccc5C(c5cc(C(C)(C)C)ccc54)C3C2=O)c1. The zero-order valence-corrected chi connectivity index (χ0v) is 18.9. The highest BCUT2D eigenvalue weighted by molar-refractivity contribution is 6.23. The first-order valence-electron chi connectivity index (χ1n) is 11.4. The van der Waals surface area contributed by atoms with Gasteiger partial charge in [0.25, 0.3) is 0 Å². The number of nitrogens with zero attached hydrogens (tertiary/aromatic N) is 1. The van der Waals surface area contributed by atoms with Crippen molar-refractivity contribution in [2.24, 2.45) is 11.8 Å². The number of benzene rings is 3. The van der Waals surface area contributed by atoms with E-state index in [-0.39, 0.29) is 40.9 Å². The Morgan fingerprint density at radius 1 is 0.688 bits per heavy atom. The van der Waals surface area contributed by atoms with Gasteiger partial charge in [-0.15, -0.1) is 0 Å². The average Bonchev–Trinajstić information content (AvgIpc) is 3.03. The van der Waals surface area contributed by atoms with Gasteiger partial charge in [-0.3, -0.25) is 9.59 Å². The van der Waals surface area contributed by atoms with E-state index in [0.29, 0.717) is 5.69 Å². The summed E-state index contributed by atoms with van der Waals surface area (Å²) in [6, 6.07) is 22.9. The summed E-state index contributed by atoms with van der Waals surface area (Å²) in [6.07, 6.45) is 0. The third kappa shape index (κ3) is 2.48. The zero-order chi connectivity index (χ0) is 22.4. The van der Waals surface area contributed by atoms with E-state index >= 15 is 0 Å². The van der Waals surface area contributed by atoms with Crippen LogP contribution in [0.2, 0.25) is 0 Å². The second-order valence-electron chi connectivity index (χ2n) is 10.6. The Hall–Kier alpha value is -3.20. The van der Waals surface area contributed by atoms with E-state index < -0.39 is 0 Å². The van der Waals surface area contributed by atoms with Gasteiger partial charge in [0.05, 0.1) is 17.5 Å². The van der Waals surface area contributed by atoms with Crippen molar-refractivity contribution in [3.8, 4) is 0 Å². The zero-order valence-electron chi connectivity index (χ0n) is 18.9. The molecular formula is C29H27NO2. The Balaban J connectivity index is 1.57. The van der Waals surface area contributed by atoms with Crippen LogP contribution in [0.4, 0.5) is 5.69 Å². The van der Waals surface area contributed by atoms with Crippen LogP contribution in [0.1, 0.15) is 66.0 Å². The molecule has 3 aromatic rings. The van der Waals surface area contributed by atoms with Crippen molar-refractivity contribution in [1.29, 1.82) is 0 Å². The smallest absolute Gasteiger partial charge is 0.238 e. The van der Waals surface area contributed by atoms with Crippen molar-refractivity contribution in [3.05, 3.63) is 100 Å². The predicted octanol–water partition coefficient (Wildman–Crippen LogP) is 5.69. The first-order valence-corrected chi connectivity index (χ1v) is 11.4. The van der Waals surface area contributed by atoms with Gasteiger partial charge in [-0.1, -0.05) is 75.4 Å². The summed E-state index contributed by atoms with van der Waals surface area (Å²) < 4.78 is 0. The molecule has 1 heterocycles. The van der Waals surface area contributed by atoms with Gasteiger partial charge in [-0.2, -0.15) is 0 Å². The molecule has 3 nitrogen and oxygen atoms in total. The quantitative estimate of drug-likeness (QED) is 0.474. The van der Waals surface area contributed by atoms with Gasteiger partial charge in [-0.25, -0.2) is 4.90 Å². The Kier molecular flexibility index (Phi) is 3.90. The summed E-state index contributed by atoms with van der Waals surface area (Å²) in [4.78, 5) is 29.1. The predicted molar refractivity (Wildman–Crippen MR) is 126 cm³/mol. The normalized spacial score (nSPS) is 25.6. The largest absolute Gasteiger partial charge is 0.274 e. The minimum Gasteiger partial charge on any atom is -0.274 e. The molecule has 0 aromatic heterocycles. The number of aryl methyl sites for hydroxylation is 1. The average molecular weight is 422 g/mol. The van der Waals surface area contributed by atoms with E-state index in [9.17, 15) is 9.59 Å². The van der Waals surface area contributed by atoms with E-state index in [2.05, 4.69) is 63.2 Å². The molecule has 3 aliphatic carbocycles. The highest BCUT2D eigenvalue weighted by atomic mass is 16.2. The van der Waals surface area contributed by atoms with Gasteiger partial charge >= 0.3 is 0 Å². The number of anilines is 1. The molecule has 4 atom stereocenters. The molecular weight excluding hydrogens is 394 g/mol. The molecule has 2 amide bonds. The van der Waals surface area contributed by atoms with Crippen LogP contribution in [0.5, 0.6) is 0 Å². The fraction of sp³-hybridized carbons (Fsp3) is 0.310. The maximum atomic E-state index is 13.9. The number of hydrogen-bond donors (Lipinski definition) is 0. The molecule has 1 fully saturated rings. The standard InChI is InChI=1S/C29H27NO2/c1-16-8-7-9-18(14-16)30-27(31)25-23-19-10-5-6-11-20(19)24(26(25)28(30)32)22-15-17(29(2,3)4)12-13-21(22)23/h5-15,23-26H,1-4H3. The van der Waals surface area contributed by atoms with E-state index in [1.54, 1.807) is 0 Å². The molecule has 0 N–H and O–H groups in total. The van der Waals surface area contributed by atoms with Crippen LogP contribution in [0.15, 0.2) is 66.7 Å². The summed E-state index contributed by atoms with van der Waals surface area (Å²) >= 11 is 0. The highest BCUT2D eigenvalue weighted by Gasteiger charge is 2.61. The Bertz CT molecular complexity index is 1300. The lowest BCUT2D eigenvalue weighted by Crippen LogP contribution is -2.41. The molecule has 0 spiro atoms. The molecule has 3 aromatic carbocycles. The van der Waals surface area contributed by atoms with Crippen molar-refractivity contribution in [2.45, 2.75) is 44.9 Å². The monoisotopic (exact) mass is 421 g/mol. The minimum absolute atomic E-state index is 0.0216. The summed E-state index contributed by atoms with van der Waals surface area (Å²) in [5.74, 6) is -0.940. The van der Waals surface area contributed by atoms with Crippen molar-refractivity contribution < 1.29 is 9.59 Å². The molecule has 2 bridgehead atoms. The summed E-state index contributed by atoms with van der Waals surface area (Å²) in [5, 5.41) is 0. The minimum atomic E-state index is -0.342. The molecule has 0 radical (unpaired) electrons. The topological polar surface area (TPSA) is 37.4 Å². The van der Waals surface area contributed by atoms with Gasteiger partial charge in [0.1, 0.15) is 0 Å². The number of imide groups is 1.